The largest absolute Gasteiger partial charge is 0.508 e. The number of aromatic hydroxyl groups is 1. The molecule has 3 aromatic rings. The van der Waals surface area contributed by atoms with Crippen molar-refractivity contribution in [2.45, 2.75) is 20.0 Å². The van der Waals surface area contributed by atoms with E-state index in [2.05, 4.69) is 23.3 Å². The number of benzene rings is 2. The number of nitrogens with one attached hydrogen (secondary N) is 1. The minimum atomic E-state index is 0.340. The first kappa shape index (κ1) is 13.6. The molecule has 0 aliphatic heterocycles. The zero-order chi connectivity index (χ0) is 14.7. The molecule has 2 N–H and O–H groups in total. The van der Waals surface area contributed by atoms with Gasteiger partial charge in [0.25, 0.3) is 0 Å². The molecule has 1 aromatic heterocycles. The Bertz CT molecular complexity index is 768. The van der Waals surface area contributed by atoms with Crippen molar-refractivity contribution < 1.29 is 5.11 Å². The van der Waals surface area contributed by atoms with Crippen LogP contribution in [0.3, 0.4) is 0 Å². The molecule has 0 spiro atoms. The maximum Gasteiger partial charge on any atom is 0.120 e. The summed E-state index contributed by atoms with van der Waals surface area (Å²) in [4.78, 5) is 4.10. The van der Waals surface area contributed by atoms with E-state index in [0.29, 0.717) is 12.3 Å². The lowest BCUT2D eigenvalue weighted by Crippen LogP contribution is -2.14. The van der Waals surface area contributed by atoms with Crippen LogP contribution in [0.15, 0.2) is 54.9 Å². The highest BCUT2D eigenvalue weighted by Gasteiger charge is 2.06. The second kappa shape index (κ2) is 5.94. The third-order valence-electron chi connectivity index (χ3n) is 3.77. The Morgan fingerprint density at radius 2 is 1.90 bits per heavy atom. The lowest BCUT2D eigenvalue weighted by molar-refractivity contribution is 0.466. The lowest BCUT2D eigenvalue weighted by Gasteiger charge is -2.11. The van der Waals surface area contributed by atoms with Gasteiger partial charge in [0, 0.05) is 31.0 Å². The van der Waals surface area contributed by atoms with Crippen molar-refractivity contribution in [2.75, 3.05) is 0 Å². The van der Waals surface area contributed by atoms with Gasteiger partial charge in [-0.15, -0.1) is 0 Å². The van der Waals surface area contributed by atoms with E-state index in [1.807, 2.05) is 36.5 Å². The first-order chi connectivity index (χ1) is 10.3. The molecule has 0 atom stereocenters. The van der Waals surface area contributed by atoms with Gasteiger partial charge < -0.3 is 10.4 Å². The van der Waals surface area contributed by atoms with Gasteiger partial charge in [-0.25, -0.2) is 0 Å². The summed E-state index contributed by atoms with van der Waals surface area (Å²) in [6.45, 7) is 3.45. The Morgan fingerprint density at radius 3 is 2.76 bits per heavy atom. The Morgan fingerprint density at radius 1 is 1.05 bits per heavy atom. The topological polar surface area (TPSA) is 45.2 Å². The van der Waals surface area contributed by atoms with E-state index >= 15 is 0 Å². The van der Waals surface area contributed by atoms with Crippen molar-refractivity contribution in [2.24, 2.45) is 0 Å². The molecule has 3 nitrogen and oxygen atoms in total. The Kier molecular flexibility index (Phi) is 3.84. The normalized spacial score (nSPS) is 10.9. The van der Waals surface area contributed by atoms with E-state index in [9.17, 15) is 5.11 Å². The number of fused-ring (bicyclic) bond motifs is 1. The number of aryl methyl sites for hydroxylation is 1. The molecule has 0 fully saturated rings. The van der Waals surface area contributed by atoms with E-state index in [1.165, 1.54) is 11.1 Å². The molecular weight excluding hydrogens is 260 g/mol. The van der Waals surface area contributed by atoms with Gasteiger partial charge in [0.15, 0.2) is 0 Å². The molecule has 21 heavy (non-hydrogen) atoms. The number of phenolic OH excluding ortho intramolecular Hbond substituents is 1. The fourth-order valence-electron chi connectivity index (χ4n) is 2.53. The molecule has 0 amide bonds. The van der Waals surface area contributed by atoms with Gasteiger partial charge in [-0.3, -0.25) is 4.98 Å². The maximum absolute atomic E-state index is 10.1. The van der Waals surface area contributed by atoms with E-state index in [0.717, 1.165) is 22.9 Å². The third kappa shape index (κ3) is 2.88. The van der Waals surface area contributed by atoms with E-state index in [1.54, 1.807) is 12.3 Å². The molecule has 0 aliphatic carbocycles. The van der Waals surface area contributed by atoms with Crippen molar-refractivity contribution in [1.82, 2.24) is 10.3 Å². The van der Waals surface area contributed by atoms with Crippen LogP contribution in [-0.2, 0) is 13.1 Å². The quantitative estimate of drug-likeness (QED) is 0.767. The summed E-state index contributed by atoms with van der Waals surface area (Å²) in [7, 11) is 0. The number of rotatable bonds is 4. The molecule has 0 saturated heterocycles. The van der Waals surface area contributed by atoms with Crippen molar-refractivity contribution in [3.05, 3.63) is 71.5 Å². The van der Waals surface area contributed by atoms with Crippen LogP contribution in [0.25, 0.3) is 10.8 Å². The van der Waals surface area contributed by atoms with Crippen LogP contribution in [0, 0.1) is 6.92 Å². The van der Waals surface area contributed by atoms with Crippen LogP contribution >= 0.6 is 0 Å². The number of hydrogen-bond acceptors (Lipinski definition) is 3. The average Bonchev–Trinajstić information content (AvgIpc) is 2.51. The smallest absolute Gasteiger partial charge is 0.120 e. The molecule has 3 heteroatoms. The van der Waals surface area contributed by atoms with E-state index in [4.69, 9.17) is 0 Å². The number of phenols is 1. The van der Waals surface area contributed by atoms with Crippen LogP contribution in [0.1, 0.15) is 16.7 Å². The SMILES string of the molecule is Cc1cnccc1CNCc1c(O)ccc2ccccc12. The Labute approximate surface area is 124 Å². The summed E-state index contributed by atoms with van der Waals surface area (Å²) >= 11 is 0. The van der Waals surface area contributed by atoms with Gasteiger partial charge in [0.05, 0.1) is 0 Å². The van der Waals surface area contributed by atoms with Crippen LogP contribution < -0.4 is 5.32 Å². The molecule has 2 aromatic carbocycles. The molecule has 0 aliphatic rings. The van der Waals surface area contributed by atoms with Crippen molar-refractivity contribution in [3.8, 4) is 5.75 Å². The third-order valence-corrected chi connectivity index (χ3v) is 3.77. The highest BCUT2D eigenvalue weighted by molar-refractivity contribution is 5.87. The average molecular weight is 278 g/mol. The zero-order valence-electron chi connectivity index (χ0n) is 12.0. The fourth-order valence-corrected chi connectivity index (χ4v) is 2.53. The molecule has 0 radical (unpaired) electrons. The van der Waals surface area contributed by atoms with Gasteiger partial charge in [-0.05, 0) is 41.0 Å². The fraction of sp³-hybridized carbons (Fsp3) is 0.167. The minimum Gasteiger partial charge on any atom is -0.508 e. The minimum absolute atomic E-state index is 0.340. The molecule has 3 rings (SSSR count). The van der Waals surface area contributed by atoms with Crippen molar-refractivity contribution >= 4 is 10.8 Å². The van der Waals surface area contributed by atoms with Crippen molar-refractivity contribution in [3.63, 3.8) is 0 Å². The summed E-state index contributed by atoms with van der Waals surface area (Å²) in [5.41, 5.74) is 3.34. The standard InChI is InChI=1S/C18H18N2O/c1-13-10-19-9-8-15(13)11-20-12-17-16-5-3-2-4-14(16)6-7-18(17)21/h2-10,20-21H,11-12H2,1H3. The van der Waals surface area contributed by atoms with Crippen LogP contribution in [0.5, 0.6) is 5.75 Å². The first-order valence-electron chi connectivity index (χ1n) is 7.05. The van der Waals surface area contributed by atoms with Gasteiger partial charge in [-0.2, -0.15) is 0 Å². The lowest BCUT2D eigenvalue weighted by atomic mass is 10.0. The van der Waals surface area contributed by atoms with Gasteiger partial charge >= 0.3 is 0 Å². The van der Waals surface area contributed by atoms with Crippen LogP contribution in [-0.4, -0.2) is 10.1 Å². The van der Waals surface area contributed by atoms with Crippen LogP contribution in [0.4, 0.5) is 0 Å². The number of aromatic nitrogens is 1. The first-order valence-corrected chi connectivity index (χ1v) is 7.05. The molecule has 106 valence electrons. The van der Waals surface area contributed by atoms with E-state index < -0.39 is 0 Å². The molecular formula is C18H18N2O. The van der Waals surface area contributed by atoms with Gasteiger partial charge in [-0.1, -0.05) is 30.3 Å². The molecule has 0 unspecified atom stereocenters. The second-order valence-corrected chi connectivity index (χ2v) is 5.19. The highest BCUT2D eigenvalue weighted by atomic mass is 16.3. The molecule has 1 heterocycles. The summed E-state index contributed by atoms with van der Waals surface area (Å²) in [6, 6.07) is 13.8. The van der Waals surface area contributed by atoms with Gasteiger partial charge in [0.2, 0.25) is 0 Å². The Balaban J connectivity index is 1.79. The summed E-state index contributed by atoms with van der Waals surface area (Å²) < 4.78 is 0. The summed E-state index contributed by atoms with van der Waals surface area (Å²) in [5, 5.41) is 15.8. The maximum atomic E-state index is 10.1. The Hall–Kier alpha value is -2.39. The number of nitrogens with zero attached hydrogens (tertiary/aromatic N) is 1. The summed E-state index contributed by atoms with van der Waals surface area (Å²) in [5.74, 6) is 0.340. The summed E-state index contributed by atoms with van der Waals surface area (Å²) in [6.07, 6.45) is 3.67. The highest BCUT2D eigenvalue weighted by Crippen LogP contribution is 2.26. The number of hydrogen-bond donors (Lipinski definition) is 2. The molecule has 0 saturated carbocycles. The zero-order valence-corrected chi connectivity index (χ0v) is 12.0. The van der Waals surface area contributed by atoms with Crippen LogP contribution in [0.2, 0.25) is 0 Å². The second-order valence-electron chi connectivity index (χ2n) is 5.19. The van der Waals surface area contributed by atoms with Crippen molar-refractivity contribution in [1.29, 1.82) is 0 Å². The van der Waals surface area contributed by atoms with Gasteiger partial charge in [0.1, 0.15) is 5.75 Å². The number of pyridine rings is 1. The predicted octanol–water partition coefficient (Wildman–Crippen LogP) is 3.54. The van der Waals surface area contributed by atoms with E-state index in [-0.39, 0.29) is 0 Å². The predicted molar refractivity (Wildman–Crippen MR) is 85.1 cm³/mol. The monoisotopic (exact) mass is 278 g/mol. The molecule has 0 bridgehead atoms.